The van der Waals surface area contributed by atoms with E-state index in [0.29, 0.717) is 11.4 Å². The second-order valence-electron chi connectivity index (χ2n) is 7.61. The van der Waals surface area contributed by atoms with Crippen molar-refractivity contribution in [3.8, 4) is 5.75 Å². The maximum atomic E-state index is 13.6. The van der Waals surface area contributed by atoms with Crippen LogP contribution in [-0.2, 0) is 14.8 Å². The van der Waals surface area contributed by atoms with Crippen molar-refractivity contribution in [2.24, 2.45) is 0 Å². The van der Waals surface area contributed by atoms with Crippen LogP contribution in [0.2, 0.25) is 0 Å². The Hall–Kier alpha value is -3.84. The first-order valence-electron chi connectivity index (χ1n) is 10.4. The van der Waals surface area contributed by atoms with Gasteiger partial charge in [-0.1, -0.05) is 60.2 Å². The van der Waals surface area contributed by atoms with Crippen LogP contribution in [0.15, 0.2) is 95.9 Å². The van der Waals surface area contributed by atoms with Crippen LogP contribution in [0.3, 0.4) is 0 Å². The quantitative estimate of drug-likeness (QED) is 0.422. The van der Waals surface area contributed by atoms with Gasteiger partial charge in [0.05, 0.1) is 17.7 Å². The van der Waals surface area contributed by atoms with Crippen molar-refractivity contribution >= 4 is 38.1 Å². The number of ether oxygens (including phenoxy) is 1. The largest absolute Gasteiger partial charge is 0.495 e. The molecule has 0 radical (unpaired) electrons. The number of nitrogens with one attached hydrogen (secondary N) is 1. The number of rotatable bonds is 7. The first-order valence-corrected chi connectivity index (χ1v) is 11.8. The number of fused-ring (bicyclic) bond motifs is 1. The van der Waals surface area contributed by atoms with Crippen LogP contribution in [-0.4, -0.2) is 28.0 Å². The molecule has 0 aliphatic carbocycles. The number of nitrogens with zero attached hydrogens (tertiary/aromatic N) is 1. The molecule has 7 heteroatoms. The second kappa shape index (κ2) is 9.34. The van der Waals surface area contributed by atoms with Gasteiger partial charge in [-0.15, -0.1) is 0 Å². The van der Waals surface area contributed by atoms with Gasteiger partial charge in [0.25, 0.3) is 10.0 Å². The normalized spacial score (nSPS) is 11.2. The van der Waals surface area contributed by atoms with Crippen molar-refractivity contribution in [3.05, 3.63) is 96.6 Å². The Morgan fingerprint density at radius 3 is 2.27 bits per heavy atom. The molecule has 1 N–H and O–H groups in total. The summed E-state index contributed by atoms with van der Waals surface area (Å²) in [5.74, 6) is -0.112. The van der Waals surface area contributed by atoms with E-state index >= 15 is 0 Å². The average molecular weight is 461 g/mol. The van der Waals surface area contributed by atoms with Gasteiger partial charge in [0.15, 0.2) is 0 Å². The molecule has 0 saturated carbocycles. The topological polar surface area (TPSA) is 75.7 Å². The number of carbonyl (C=O) groups excluding carboxylic acids is 1. The third kappa shape index (κ3) is 4.83. The summed E-state index contributed by atoms with van der Waals surface area (Å²) >= 11 is 0. The Kier molecular flexibility index (Phi) is 6.33. The van der Waals surface area contributed by atoms with Gasteiger partial charge in [0.2, 0.25) is 5.91 Å². The maximum absolute atomic E-state index is 13.6. The molecule has 0 aliphatic heterocycles. The van der Waals surface area contributed by atoms with Crippen LogP contribution in [0.5, 0.6) is 5.75 Å². The van der Waals surface area contributed by atoms with Gasteiger partial charge in [-0.25, -0.2) is 8.42 Å². The molecular weight excluding hydrogens is 436 g/mol. The molecule has 0 spiro atoms. The van der Waals surface area contributed by atoms with Crippen LogP contribution >= 0.6 is 0 Å². The molecule has 0 heterocycles. The number of carbonyl (C=O) groups is 1. The molecule has 0 bridgehead atoms. The van der Waals surface area contributed by atoms with Gasteiger partial charge < -0.3 is 10.1 Å². The van der Waals surface area contributed by atoms with Crippen LogP contribution in [0, 0.1) is 6.92 Å². The summed E-state index contributed by atoms with van der Waals surface area (Å²) < 4.78 is 33.6. The summed E-state index contributed by atoms with van der Waals surface area (Å²) in [6.07, 6.45) is 0. The van der Waals surface area contributed by atoms with E-state index in [0.717, 1.165) is 20.6 Å². The molecule has 4 rings (SSSR count). The van der Waals surface area contributed by atoms with Gasteiger partial charge in [-0.05, 0) is 54.1 Å². The molecule has 0 aliphatic rings. The van der Waals surface area contributed by atoms with Gasteiger partial charge >= 0.3 is 0 Å². The number of benzene rings is 4. The molecule has 0 unspecified atom stereocenters. The number of methoxy groups -OCH3 is 1. The molecule has 33 heavy (non-hydrogen) atoms. The van der Waals surface area contributed by atoms with Crippen molar-refractivity contribution in [3.63, 3.8) is 0 Å². The lowest BCUT2D eigenvalue weighted by Gasteiger charge is -2.25. The van der Waals surface area contributed by atoms with E-state index in [2.05, 4.69) is 5.32 Å². The van der Waals surface area contributed by atoms with Crippen LogP contribution in [0.1, 0.15) is 5.56 Å². The first kappa shape index (κ1) is 22.4. The van der Waals surface area contributed by atoms with E-state index in [1.165, 1.54) is 19.2 Å². The number of hydrogen-bond acceptors (Lipinski definition) is 4. The zero-order valence-electron chi connectivity index (χ0n) is 18.4. The zero-order chi connectivity index (χ0) is 23.4. The predicted octanol–water partition coefficient (Wildman–Crippen LogP) is 4.99. The summed E-state index contributed by atoms with van der Waals surface area (Å²) in [5.41, 5.74) is 1.81. The number of hydrogen-bond donors (Lipinski definition) is 1. The number of sulfonamides is 1. The fourth-order valence-electron chi connectivity index (χ4n) is 3.57. The Balaban J connectivity index is 1.68. The molecule has 0 saturated heterocycles. The standard InChI is InChI=1S/C26H24N2O4S/c1-19-11-15-23(16-12-19)33(30,31)28(24-9-5-6-10-25(24)32-2)18-26(29)27-22-14-13-20-7-3-4-8-21(20)17-22/h3-17H,18H2,1-2H3,(H,27,29). The summed E-state index contributed by atoms with van der Waals surface area (Å²) in [7, 11) is -2.57. The number of anilines is 2. The molecule has 6 nitrogen and oxygen atoms in total. The molecule has 4 aromatic carbocycles. The molecule has 1 amide bonds. The first-order chi connectivity index (χ1) is 15.9. The third-order valence-electron chi connectivity index (χ3n) is 5.28. The van der Waals surface area contributed by atoms with Gasteiger partial charge in [-0.3, -0.25) is 9.10 Å². The van der Waals surface area contributed by atoms with E-state index < -0.39 is 22.5 Å². The molecule has 168 valence electrons. The smallest absolute Gasteiger partial charge is 0.264 e. The third-order valence-corrected chi connectivity index (χ3v) is 7.06. The summed E-state index contributed by atoms with van der Waals surface area (Å²) in [5, 5.41) is 4.84. The van der Waals surface area contributed by atoms with Gasteiger partial charge in [0.1, 0.15) is 12.3 Å². The fraction of sp³-hybridized carbons (Fsp3) is 0.115. The van der Waals surface area contributed by atoms with Crippen LogP contribution < -0.4 is 14.4 Å². The molecular formula is C26H24N2O4S. The minimum absolute atomic E-state index is 0.0949. The summed E-state index contributed by atoms with van der Waals surface area (Å²) in [6, 6.07) is 26.6. The number of aryl methyl sites for hydroxylation is 1. The lowest BCUT2D eigenvalue weighted by atomic mass is 10.1. The highest BCUT2D eigenvalue weighted by Crippen LogP contribution is 2.32. The number of amides is 1. The molecule has 0 aromatic heterocycles. The predicted molar refractivity (Wildman–Crippen MR) is 131 cm³/mol. The highest BCUT2D eigenvalue weighted by Gasteiger charge is 2.29. The van der Waals surface area contributed by atoms with Crippen molar-refractivity contribution in [1.29, 1.82) is 0 Å². The minimum Gasteiger partial charge on any atom is -0.495 e. The highest BCUT2D eigenvalue weighted by atomic mass is 32.2. The van der Waals surface area contributed by atoms with E-state index in [1.807, 2.05) is 43.3 Å². The number of para-hydroxylation sites is 2. The van der Waals surface area contributed by atoms with E-state index in [-0.39, 0.29) is 10.6 Å². The van der Waals surface area contributed by atoms with Crippen molar-refractivity contribution in [1.82, 2.24) is 0 Å². The Morgan fingerprint density at radius 2 is 1.55 bits per heavy atom. The average Bonchev–Trinajstić information content (AvgIpc) is 2.82. The lowest BCUT2D eigenvalue weighted by Crippen LogP contribution is -2.38. The zero-order valence-corrected chi connectivity index (χ0v) is 19.2. The Morgan fingerprint density at radius 1 is 0.879 bits per heavy atom. The van der Waals surface area contributed by atoms with E-state index in [1.54, 1.807) is 42.5 Å². The van der Waals surface area contributed by atoms with E-state index in [4.69, 9.17) is 4.74 Å². The highest BCUT2D eigenvalue weighted by molar-refractivity contribution is 7.92. The van der Waals surface area contributed by atoms with Crippen molar-refractivity contribution in [2.75, 3.05) is 23.3 Å². The van der Waals surface area contributed by atoms with Crippen LogP contribution in [0.25, 0.3) is 10.8 Å². The minimum atomic E-state index is -4.03. The lowest BCUT2D eigenvalue weighted by molar-refractivity contribution is -0.114. The summed E-state index contributed by atoms with van der Waals surface area (Å²) in [4.78, 5) is 13.1. The Labute approximate surface area is 193 Å². The maximum Gasteiger partial charge on any atom is 0.264 e. The van der Waals surface area contributed by atoms with Gasteiger partial charge in [0, 0.05) is 5.69 Å². The van der Waals surface area contributed by atoms with Crippen molar-refractivity contribution < 1.29 is 17.9 Å². The SMILES string of the molecule is COc1ccccc1N(CC(=O)Nc1ccc2ccccc2c1)S(=O)(=O)c1ccc(C)cc1. The molecule has 0 atom stereocenters. The fourth-order valence-corrected chi connectivity index (χ4v) is 5.00. The Bertz CT molecular complexity index is 1400. The summed E-state index contributed by atoms with van der Waals surface area (Å²) in [6.45, 7) is 1.47. The van der Waals surface area contributed by atoms with E-state index in [9.17, 15) is 13.2 Å². The monoisotopic (exact) mass is 460 g/mol. The second-order valence-corrected chi connectivity index (χ2v) is 9.47. The van der Waals surface area contributed by atoms with Crippen molar-refractivity contribution in [2.45, 2.75) is 11.8 Å². The van der Waals surface area contributed by atoms with Crippen LogP contribution in [0.4, 0.5) is 11.4 Å². The van der Waals surface area contributed by atoms with Gasteiger partial charge in [-0.2, -0.15) is 0 Å². The molecule has 0 fully saturated rings. The molecule has 4 aromatic rings.